The van der Waals surface area contributed by atoms with E-state index in [-0.39, 0.29) is 33.5 Å². The van der Waals surface area contributed by atoms with Gasteiger partial charge in [0.1, 0.15) is 16.3 Å². The molecule has 13 heteroatoms. The molecule has 0 radical (unpaired) electrons. The molecule has 0 aliphatic heterocycles. The van der Waals surface area contributed by atoms with Crippen molar-refractivity contribution in [2.24, 2.45) is 10.2 Å². The zero-order chi connectivity index (χ0) is 23.9. The largest absolute Gasteiger partial charge is 0.506 e. The number of rotatable bonds is 5. The first-order chi connectivity index (χ1) is 15.6. The van der Waals surface area contributed by atoms with Gasteiger partial charge in [-0.3, -0.25) is 14.7 Å². The number of nitro benzene ring substituents is 1. The maximum atomic E-state index is 11.7. The van der Waals surface area contributed by atoms with Crippen molar-refractivity contribution in [3.63, 3.8) is 0 Å². The second kappa shape index (κ2) is 7.96. The van der Waals surface area contributed by atoms with Gasteiger partial charge in [-0.2, -0.15) is 18.2 Å². The molecule has 0 fully saturated rings. The molecule has 1 heterocycles. The number of benzene rings is 3. The molecule has 1 aromatic heterocycles. The number of phenols is 1. The van der Waals surface area contributed by atoms with E-state index in [1.165, 1.54) is 36.4 Å². The minimum atomic E-state index is -4.61. The Bertz CT molecular complexity index is 1540. The maximum absolute atomic E-state index is 11.7. The average Bonchev–Trinajstić information content (AvgIpc) is 3.05. The van der Waals surface area contributed by atoms with Crippen molar-refractivity contribution >= 4 is 38.0 Å². The molecule has 12 nitrogen and oxygen atoms in total. The van der Waals surface area contributed by atoms with Gasteiger partial charge < -0.3 is 10.2 Å². The monoisotopic (exact) mass is 469 g/mol. The summed E-state index contributed by atoms with van der Waals surface area (Å²) in [6, 6.07) is 12.2. The summed E-state index contributed by atoms with van der Waals surface area (Å²) in [6.07, 6.45) is 0. The van der Waals surface area contributed by atoms with Crippen LogP contribution in [0, 0.1) is 17.0 Å². The summed E-state index contributed by atoms with van der Waals surface area (Å²) in [5.74, 6) is -0.951. The SMILES string of the molecule is Cc1nn(-c2ccc([N+](=O)[O-])cc2)c(O)c1N=Nc1c(O)cc(S(=O)(=O)O)c2ccccc12. The van der Waals surface area contributed by atoms with E-state index in [1.807, 2.05) is 0 Å². The van der Waals surface area contributed by atoms with Crippen LogP contribution in [0.25, 0.3) is 16.5 Å². The zero-order valence-electron chi connectivity index (χ0n) is 16.8. The Labute approximate surface area is 186 Å². The molecule has 168 valence electrons. The molecule has 0 spiro atoms. The highest BCUT2D eigenvalue weighted by Crippen LogP contribution is 2.41. The van der Waals surface area contributed by atoms with Crippen molar-refractivity contribution in [3.8, 4) is 17.3 Å². The lowest BCUT2D eigenvalue weighted by Crippen LogP contribution is -1.99. The predicted octanol–water partition coefficient (Wildman–Crippen LogP) is 4.32. The fourth-order valence-electron chi connectivity index (χ4n) is 3.25. The Morgan fingerprint density at radius 1 is 1.00 bits per heavy atom. The summed E-state index contributed by atoms with van der Waals surface area (Å²) in [5.41, 5.74) is 0.370. The van der Waals surface area contributed by atoms with E-state index < -0.39 is 31.6 Å². The number of non-ortho nitro benzene ring substituents is 1. The maximum Gasteiger partial charge on any atom is 0.295 e. The Kier molecular flexibility index (Phi) is 5.27. The van der Waals surface area contributed by atoms with Crippen molar-refractivity contribution in [1.82, 2.24) is 9.78 Å². The lowest BCUT2D eigenvalue weighted by atomic mass is 10.1. The number of aromatic hydroxyl groups is 2. The van der Waals surface area contributed by atoms with Gasteiger partial charge in [0.15, 0.2) is 5.69 Å². The summed E-state index contributed by atoms with van der Waals surface area (Å²) in [4.78, 5) is 9.79. The van der Waals surface area contributed by atoms with Gasteiger partial charge >= 0.3 is 0 Å². The molecule has 4 aromatic rings. The second-order valence-electron chi connectivity index (χ2n) is 6.91. The van der Waals surface area contributed by atoms with Crippen LogP contribution >= 0.6 is 0 Å². The third-order valence-corrected chi connectivity index (χ3v) is 5.69. The molecule has 0 bridgehead atoms. The molecule has 0 atom stereocenters. The molecule has 0 saturated carbocycles. The third kappa shape index (κ3) is 3.97. The van der Waals surface area contributed by atoms with Gasteiger partial charge in [0.25, 0.3) is 15.8 Å². The number of nitrogens with zero attached hydrogens (tertiary/aromatic N) is 5. The van der Waals surface area contributed by atoms with E-state index in [9.17, 15) is 33.3 Å². The predicted molar refractivity (Wildman–Crippen MR) is 116 cm³/mol. The van der Waals surface area contributed by atoms with Gasteiger partial charge in [-0.15, -0.1) is 10.2 Å². The Balaban J connectivity index is 1.80. The zero-order valence-corrected chi connectivity index (χ0v) is 17.6. The van der Waals surface area contributed by atoms with Crippen molar-refractivity contribution in [1.29, 1.82) is 0 Å². The second-order valence-corrected chi connectivity index (χ2v) is 8.30. The molecule has 33 heavy (non-hydrogen) atoms. The van der Waals surface area contributed by atoms with Gasteiger partial charge in [0.2, 0.25) is 5.88 Å². The standard InChI is InChI=1S/C20H15N5O7S/c1-11-18(20(27)24(23-11)12-6-8-13(9-7-12)25(28)29)21-22-19-15-5-3-2-4-14(15)17(10-16(19)26)33(30,31)32/h2-10,26-27H,1H3,(H,30,31,32). The molecule has 0 aliphatic rings. The minimum absolute atomic E-state index is 0.0318. The number of azo groups is 1. The van der Waals surface area contributed by atoms with Crippen LogP contribution in [0.1, 0.15) is 5.69 Å². The van der Waals surface area contributed by atoms with Crippen LogP contribution in [0.2, 0.25) is 0 Å². The van der Waals surface area contributed by atoms with E-state index in [0.717, 1.165) is 10.7 Å². The smallest absolute Gasteiger partial charge is 0.295 e. The van der Waals surface area contributed by atoms with Crippen LogP contribution < -0.4 is 0 Å². The van der Waals surface area contributed by atoms with Crippen LogP contribution in [0.15, 0.2) is 69.7 Å². The van der Waals surface area contributed by atoms with Gasteiger partial charge in [-0.05, 0) is 19.1 Å². The summed E-state index contributed by atoms with van der Waals surface area (Å²) >= 11 is 0. The Hall–Kier alpha value is -4.36. The lowest BCUT2D eigenvalue weighted by Gasteiger charge is -2.08. The number of phenolic OH excluding ortho intramolecular Hbond substituents is 1. The molecular weight excluding hydrogens is 454 g/mol. The number of aromatic nitrogens is 2. The number of hydrogen-bond donors (Lipinski definition) is 3. The van der Waals surface area contributed by atoms with Crippen LogP contribution in [0.3, 0.4) is 0 Å². The summed E-state index contributed by atoms with van der Waals surface area (Å²) in [7, 11) is -4.61. The van der Waals surface area contributed by atoms with Crippen molar-refractivity contribution < 1.29 is 28.1 Å². The van der Waals surface area contributed by atoms with E-state index in [0.29, 0.717) is 5.69 Å². The highest BCUT2D eigenvalue weighted by atomic mass is 32.2. The van der Waals surface area contributed by atoms with E-state index >= 15 is 0 Å². The third-order valence-electron chi connectivity index (χ3n) is 4.80. The molecule has 3 aromatic carbocycles. The molecule has 4 rings (SSSR count). The first-order valence-electron chi connectivity index (χ1n) is 9.25. The molecular formula is C20H15N5O7S. The molecule has 0 saturated heterocycles. The Morgan fingerprint density at radius 3 is 2.21 bits per heavy atom. The first kappa shape index (κ1) is 21.9. The van der Waals surface area contributed by atoms with Gasteiger partial charge in [-0.25, -0.2) is 0 Å². The minimum Gasteiger partial charge on any atom is -0.506 e. The highest BCUT2D eigenvalue weighted by molar-refractivity contribution is 7.86. The quantitative estimate of drug-likeness (QED) is 0.167. The van der Waals surface area contributed by atoms with Gasteiger partial charge in [0.05, 0.1) is 16.3 Å². The lowest BCUT2D eigenvalue weighted by molar-refractivity contribution is -0.384. The fraction of sp³-hybridized carbons (Fsp3) is 0.0500. The van der Waals surface area contributed by atoms with Crippen molar-refractivity contribution in [2.45, 2.75) is 11.8 Å². The average molecular weight is 469 g/mol. The molecule has 3 N–H and O–H groups in total. The summed E-state index contributed by atoms with van der Waals surface area (Å²) in [6.45, 7) is 1.55. The topological polar surface area (TPSA) is 181 Å². The molecule has 0 amide bonds. The first-order valence-corrected chi connectivity index (χ1v) is 10.7. The van der Waals surface area contributed by atoms with Crippen LogP contribution in [-0.2, 0) is 10.1 Å². The summed E-state index contributed by atoms with van der Waals surface area (Å²) in [5, 5.41) is 44.2. The fourth-order valence-corrected chi connectivity index (χ4v) is 3.97. The summed E-state index contributed by atoms with van der Waals surface area (Å²) < 4.78 is 34.0. The highest BCUT2D eigenvalue weighted by Gasteiger charge is 2.21. The number of fused-ring (bicyclic) bond motifs is 1. The van der Waals surface area contributed by atoms with Crippen molar-refractivity contribution in [3.05, 3.63) is 70.4 Å². The Morgan fingerprint density at radius 2 is 1.61 bits per heavy atom. The van der Waals surface area contributed by atoms with E-state index in [2.05, 4.69) is 15.3 Å². The van der Waals surface area contributed by atoms with Crippen LogP contribution in [-0.4, -0.2) is 37.9 Å². The van der Waals surface area contributed by atoms with Crippen molar-refractivity contribution in [2.75, 3.05) is 0 Å². The van der Waals surface area contributed by atoms with E-state index in [4.69, 9.17) is 0 Å². The number of nitro groups is 1. The molecule has 0 unspecified atom stereocenters. The number of aryl methyl sites for hydroxylation is 1. The van der Waals surface area contributed by atoms with Crippen LogP contribution in [0.4, 0.5) is 17.1 Å². The normalized spacial score (nSPS) is 11.9. The van der Waals surface area contributed by atoms with Gasteiger partial charge in [0, 0.05) is 29.0 Å². The van der Waals surface area contributed by atoms with Crippen LogP contribution in [0.5, 0.6) is 11.6 Å². The molecule has 0 aliphatic carbocycles. The van der Waals surface area contributed by atoms with E-state index in [1.54, 1.807) is 19.1 Å². The number of hydrogen-bond acceptors (Lipinski definition) is 9. The van der Waals surface area contributed by atoms with Gasteiger partial charge in [-0.1, -0.05) is 24.3 Å².